The Hall–Kier alpha value is -3.21. The molecule has 0 saturated heterocycles. The summed E-state index contributed by atoms with van der Waals surface area (Å²) < 4.78 is 20.7. The van der Waals surface area contributed by atoms with Crippen LogP contribution in [0, 0.1) is 24.6 Å². The van der Waals surface area contributed by atoms with Gasteiger partial charge in [0.25, 0.3) is 0 Å². The molecule has 5 rings (SSSR count). The second-order valence-corrected chi connectivity index (χ2v) is 9.42. The number of carboxylic acid groups (broad SMARTS) is 1. The number of carbonyl (C=O) groups is 1. The molecule has 1 saturated carbocycles. The number of aromatic nitrogens is 1. The van der Waals surface area contributed by atoms with E-state index in [1.54, 1.807) is 13.0 Å². The highest BCUT2D eigenvalue weighted by atomic mass is 19.1. The van der Waals surface area contributed by atoms with Gasteiger partial charge in [-0.1, -0.05) is 36.8 Å². The van der Waals surface area contributed by atoms with Crippen LogP contribution < -0.4 is 4.74 Å². The van der Waals surface area contributed by atoms with Gasteiger partial charge in [0, 0.05) is 16.8 Å². The molecule has 170 valence electrons. The van der Waals surface area contributed by atoms with Crippen molar-refractivity contribution in [3.05, 3.63) is 82.8 Å². The molecule has 4 nitrogen and oxygen atoms in total. The Morgan fingerprint density at radius 2 is 1.94 bits per heavy atom. The Balaban J connectivity index is 1.37. The van der Waals surface area contributed by atoms with Crippen LogP contribution in [0.4, 0.5) is 4.39 Å². The standard InChI is InChI=1S/C28H28FNO3/c1-16-6-10-23(29)22(14-16)25-11-9-21-24(30-25)12-13-26(21)33-20-5-3-4-19(15-20)27(18-7-8-18)17(2)28(31)32/h3-6,9-11,14-15,17-18,26-27H,7-8,12-13H2,1-2H3,(H,31,32)/t17-,26+,27-/m0/s1. The zero-order valence-corrected chi connectivity index (χ0v) is 18.9. The number of fused-ring (bicyclic) bond motifs is 1. The van der Waals surface area contributed by atoms with E-state index in [1.165, 1.54) is 6.07 Å². The van der Waals surface area contributed by atoms with E-state index in [9.17, 15) is 14.3 Å². The van der Waals surface area contributed by atoms with Crippen LogP contribution in [0.25, 0.3) is 11.3 Å². The lowest BCUT2D eigenvalue weighted by molar-refractivity contribution is -0.142. The van der Waals surface area contributed by atoms with Gasteiger partial charge in [-0.05, 0) is 80.3 Å². The highest BCUT2D eigenvalue weighted by molar-refractivity contribution is 5.71. The van der Waals surface area contributed by atoms with Crippen molar-refractivity contribution in [2.24, 2.45) is 11.8 Å². The molecular formula is C28H28FNO3. The van der Waals surface area contributed by atoms with E-state index >= 15 is 0 Å². The van der Waals surface area contributed by atoms with E-state index in [0.717, 1.165) is 53.8 Å². The molecule has 1 fully saturated rings. The average molecular weight is 446 g/mol. The topological polar surface area (TPSA) is 59.4 Å². The Morgan fingerprint density at radius 3 is 2.70 bits per heavy atom. The number of hydrogen-bond acceptors (Lipinski definition) is 3. The first kappa shape index (κ1) is 21.6. The number of carboxylic acids is 1. The molecule has 0 bridgehead atoms. The van der Waals surface area contributed by atoms with Gasteiger partial charge in [0.15, 0.2) is 0 Å². The van der Waals surface area contributed by atoms with Crippen molar-refractivity contribution in [3.63, 3.8) is 0 Å². The lowest BCUT2D eigenvalue weighted by Crippen LogP contribution is -2.20. The van der Waals surface area contributed by atoms with Crippen molar-refractivity contribution in [2.45, 2.75) is 51.6 Å². The van der Waals surface area contributed by atoms with E-state index in [-0.39, 0.29) is 17.8 Å². The molecule has 0 aliphatic heterocycles. The third-order valence-electron chi connectivity index (χ3n) is 6.98. The van der Waals surface area contributed by atoms with Gasteiger partial charge in [0.1, 0.15) is 17.7 Å². The molecule has 1 N–H and O–H groups in total. The number of nitrogens with zero attached hydrogens (tertiary/aromatic N) is 1. The molecule has 0 unspecified atom stereocenters. The summed E-state index contributed by atoms with van der Waals surface area (Å²) in [6.45, 7) is 3.74. The molecule has 2 aromatic carbocycles. The lowest BCUT2D eigenvalue weighted by atomic mass is 9.83. The minimum Gasteiger partial charge on any atom is -0.486 e. The maximum Gasteiger partial charge on any atom is 0.306 e. The largest absolute Gasteiger partial charge is 0.486 e. The molecule has 5 heteroatoms. The van der Waals surface area contributed by atoms with Crippen LogP contribution in [-0.4, -0.2) is 16.1 Å². The minimum absolute atomic E-state index is 0.00960. The summed E-state index contributed by atoms with van der Waals surface area (Å²) in [4.78, 5) is 16.4. The number of rotatable bonds is 7. The number of aliphatic carboxylic acids is 1. The normalized spacial score (nSPS) is 19.1. The fourth-order valence-electron chi connectivity index (χ4n) is 5.07. The summed E-state index contributed by atoms with van der Waals surface area (Å²) in [6.07, 6.45) is 3.64. The quantitative estimate of drug-likeness (QED) is 0.452. The van der Waals surface area contributed by atoms with Crippen molar-refractivity contribution in [1.29, 1.82) is 0 Å². The third kappa shape index (κ3) is 4.37. The summed E-state index contributed by atoms with van der Waals surface area (Å²) in [6, 6.07) is 16.8. The van der Waals surface area contributed by atoms with Gasteiger partial charge in [-0.2, -0.15) is 0 Å². The van der Waals surface area contributed by atoms with Crippen molar-refractivity contribution in [2.75, 3.05) is 0 Å². The molecule has 0 radical (unpaired) electrons. The number of benzene rings is 2. The monoisotopic (exact) mass is 445 g/mol. The molecule has 0 amide bonds. The number of pyridine rings is 1. The smallest absolute Gasteiger partial charge is 0.306 e. The first-order valence-electron chi connectivity index (χ1n) is 11.7. The van der Waals surface area contributed by atoms with Crippen LogP contribution in [0.2, 0.25) is 0 Å². The minimum atomic E-state index is -0.755. The predicted octanol–water partition coefficient (Wildman–Crippen LogP) is 6.48. The number of aryl methyl sites for hydroxylation is 2. The van der Waals surface area contributed by atoms with E-state index in [4.69, 9.17) is 9.72 Å². The molecule has 3 aromatic rings. The van der Waals surface area contributed by atoms with E-state index in [2.05, 4.69) is 0 Å². The van der Waals surface area contributed by atoms with Crippen molar-refractivity contribution in [1.82, 2.24) is 4.98 Å². The lowest BCUT2D eigenvalue weighted by Gasteiger charge is -2.22. The molecule has 1 aromatic heterocycles. The zero-order chi connectivity index (χ0) is 23.1. The molecule has 2 aliphatic rings. The molecule has 3 atom stereocenters. The Bertz CT molecular complexity index is 1200. The van der Waals surface area contributed by atoms with Gasteiger partial charge >= 0.3 is 5.97 Å². The predicted molar refractivity (Wildman–Crippen MR) is 125 cm³/mol. The van der Waals surface area contributed by atoms with E-state index in [0.29, 0.717) is 17.2 Å². The van der Waals surface area contributed by atoms with Crippen LogP contribution in [0.3, 0.4) is 0 Å². The molecule has 0 spiro atoms. The van der Waals surface area contributed by atoms with Gasteiger partial charge in [0.05, 0.1) is 11.6 Å². The number of hydrogen-bond donors (Lipinski definition) is 1. The van der Waals surface area contributed by atoms with E-state index in [1.807, 2.05) is 49.4 Å². The first-order valence-corrected chi connectivity index (χ1v) is 11.7. The summed E-state index contributed by atoms with van der Waals surface area (Å²) in [5.41, 5.74) is 5.18. The van der Waals surface area contributed by atoms with Crippen LogP contribution in [0.5, 0.6) is 5.75 Å². The fourth-order valence-corrected chi connectivity index (χ4v) is 5.07. The van der Waals surface area contributed by atoms with Crippen LogP contribution in [0.1, 0.15) is 60.6 Å². The second-order valence-electron chi connectivity index (χ2n) is 9.42. The third-order valence-corrected chi connectivity index (χ3v) is 6.98. The second kappa shape index (κ2) is 8.62. The average Bonchev–Trinajstić information content (AvgIpc) is 3.56. The van der Waals surface area contributed by atoms with Crippen LogP contribution in [-0.2, 0) is 11.2 Å². The highest BCUT2D eigenvalue weighted by Crippen LogP contribution is 2.47. The maximum atomic E-state index is 14.3. The number of halogens is 1. The molecule has 1 heterocycles. The molecule has 2 aliphatic carbocycles. The maximum absolute atomic E-state index is 14.3. The summed E-state index contributed by atoms with van der Waals surface area (Å²) in [5, 5.41) is 9.57. The first-order chi connectivity index (χ1) is 15.9. The van der Waals surface area contributed by atoms with Crippen molar-refractivity contribution in [3.8, 4) is 17.0 Å². The Morgan fingerprint density at radius 1 is 1.12 bits per heavy atom. The summed E-state index contributed by atoms with van der Waals surface area (Å²) in [5.74, 6) is -0.253. The van der Waals surface area contributed by atoms with Crippen LogP contribution >= 0.6 is 0 Å². The molecule has 33 heavy (non-hydrogen) atoms. The number of ether oxygens (including phenoxy) is 1. The van der Waals surface area contributed by atoms with Crippen molar-refractivity contribution >= 4 is 5.97 Å². The van der Waals surface area contributed by atoms with Crippen molar-refractivity contribution < 1.29 is 19.0 Å². The Labute approximate surface area is 193 Å². The van der Waals surface area contributed by atoms with Gasteiger partial charge in [-0.15, -0.1) is 0 Å². The SMILES string of the molecule is Cc1ccc(F)c(-c2ccc3c(n2)CC[C@H]3Oc2cccc([C@H](C3CC3)[C@H](C)C(=O)O)c2)c1. The van der Waals surface area contributed by atoms with Crippen LogP contribution in [0.15, 0.2) is 54.6 Å². The fraction of sp³-hybridized carbons (Fsp3) is 0.357. The van der Waals surface area contributed by atoms with Gasteiger partial charge in [0.2, 0.25) is 0 Å². The van der Waals surface area contributed by atoms with Gasteiger partial charge < -0.3 is 9.84 Å². The zero-order valence-electron chi connectivity index (χ0n) is 18.9. The van der Waals surface area contributed by atoms with E-state index < -0.39 is 11.9 Å². The van der Waals surface area contributed by atoms with Gasteiger partial charge in [-0.3, -0.25) is 9.78 Å². The molecular weight excluding hydrogens is 417 g/mol. The Kier molecular flexibility index (Phi) is 5.65. The summed E-state index contributed by atoms with van der Waals surface area (Å²) in [7, 11) is 0. The van der Waals surface area contributed by atoms with Gasteiger partial charge in [-0.25, -0.2) is 4.39 Å². The highest BCUT2D eigenvalue weighted by Gasteiger charge is 2.38. The summed E-state index contributed by atoms with van der Waals surface area (Å²) >= 11 is 0.